The summed E-state index contributed by atoms with van der Waals surface area (Å²) in [5.74, 6) is 0. The third-order valence-electron chi connectivity index (χ3n) is 11.5. The molecule has 0 bridgehead atoms. The van der Waals surface area contributed by atoms with Crippen LogP contribution in [-0.2, 0) is 5.41 Å². The molecular formula is C49H36N2S. The van der Waals surface area contributed by atoms with E-state index in [-0.39, 0.29) is 5.41 Å². The summed E-state index contributed by atoms with van der Waals surface area (Å²) in [5.41, 5.74) is 15.3. The fourth-order valence-electron chi connectivity index (χ4n) is 8.95. The molecule has 3 aromatic heterocycles. The highest BCUT2D eigenvalue weighted by atomic mass is 32.1. The summed E-state index contributed by atoms with van der Waals surface area (Å²) in [6, 6.07) is 52.1. The number of aromatic nitrogens is 2. The fraction of sp³-hybridized carbons (Fsp3) is 0.102. The molecule has 1 aliphatic heterocycles. The van der Waals surface area contributed by atoms with E-state index in [4.69, 9.17) is 0 Å². The van der Waals surface area contributed by atoms with E-state index >= 15 is 0 Å². The second-order valence-corrected chi connectivity index (χ2v) is 15.9. The van der Waals surface area contributed by atoms with E-state index in [1.165, 1.54) is 98.1 Å². The first-order valence-corrected chi connectivity index (χ1v) is 19.1. The van der Waals surface area contributed by atoms with Gasteiger partial charge in [0.2, 0.25) is 0 Å². The van der Waals surface area contributed by atoms with E-state index in [9.17, 15) is 0 Å². The molecule has 0 radical (unpaired) electrons. The van der Waals surface area contributed by atoms with Gasteiger partial charge in [-0.05, 0) is 101 Å². The summed E-state index contributed by atoms with van der Waals surface area (Å²) in [6.07, 6.45) is 8.89. The van der Waals surface area contributed by atoms with Crippen molar-refractivity contribution in [2.45, 2.75) is 32.1 Å². The maximum Gasteiger partial charge on any atom is 0.0616 e. The fourth-order valence-corrected chi connectivity index (χ4v) is 10.2. The van der Waals surface area contributed by atoms with Crippen molar-refractivity contribution in [3.63, 3.8) is 0 Å². The standard InChI is InChI=1S/C49H36N2S/c1-49(2)41-29-35(32-16-8-4-9-17-32)28-40-39-26-33(31-14-6-3-7-15-31)22-24-44(39)51(47(40)41)45-30-46(52-48(45)49)34-23-25-43-38(27-34)37-20-12-13-21-42(37)50(43)36-18-10-5-11-19-36/h3-10,12-18,20-30H,11,19H2,1-2H3. The van der Waals surface area contributed by atoms with Gasteiger partial charge in [-0.2, -0.15) is 0 Å². The molecule has 2 aliphatic rings. The van der Waals surface area contributed by atoms with Crippen LogP contribution in [0.3, 0.4) is 0 Å². The molecule has 2 nitrogen and oxygen atoms in total. The first-order valence-electron chi connectivity index (χ1n) is 18.3. The quantitative estimate of drug-likeness (QED) is 0.175. The van der Waals surface area contributed by atoms with Crippen molar-refractivity contribution in [2.24, 2.45) is 0 Å². The number of fused-ring (bicyclic) bond motifs is 8. The Morgan fingerprint density at radius 1 is 0.538 bits per heavy atom. The van der Waals surface area contributed by atoms with Gasteiger partial charge in [-0.1, -0.05) is 117 Å². The van der Waals surface area contributed by atoms with Gasteiger partial charge in [0, 0.05) is 42.4 Å². The first kappa shape index (κ1) is 29.8. The predicted molar refractivity (Wildman–Crippen MR) is 223 cm³/mol. The Morgan fingerprint density at radius 2 is 1.17 bits per heavy atom. The largest absolute Gasteiger partial charge is 0.313 e. The number of rotatable bonds is 4. The number of hydrogen-bond donors (Lipinski definition) is 0. The average Bonchev–Trinajstić information content (AvgIpc) is 3.89. The van der Waals surface area contributed by atoms with E-state index < -0.39 is 0 Å². The molecule has 0 atom stereocenters. The van der Waals surface area contributed by atoms with Crippen LogP contribution in [0.15, 0.2) is 158 Å². The number of para-hydroxylation sites is 1. The Morgan fingerprint density at radius 3 is 1.94 bits per heavy atom. The third-order valence-corrected chi connectivity index (χ3v) is 13.0. The van der Waals surface area contributed by atoms with E-state index in [2.05, 4.69) is 181 Å². The summed E-state index contributed by atoms with van der Waals surface area (Å²) in [6.45, 7) is 4.85. The maximum absolute atomic E-state index is 2.57. The molecule has 4 heterocycles. The van der Waals surface area contributed by atoms with Gasteiger partial charge in [0.15, 0.2) is 0 Å². The highest BCUT2D eigenvalue weighted by Crippen LogP contribution is 2.53. The van der Waals surface area contributed by atoms with Crippen LogP contribution in [0.5, 0.6) is 0 Å². The molecule has 9 aromatic rings. The molecule has 6 aromatic carbocycles. The van der Waals surface area contributed by atoms with Crippen molar-refractivity contribution in [2.75, 3.05) is 0 Å². The number of benzene rings is 6. The number of thiophene rings is 1. The lowest BCUT2D eigenvalue weighted by atomic mass is 9.78. The van der Waals surface area contributed by atoms with Crippen LogP contribution >= 0.6 is 11.3 Å². The van der Waals surface area contributed by atoms with Gasteiger partial charge in [0.05, 0.1) is 27.8 Å². The number of hydrogen-bond acceptors (Lipinski definition) is 1. The normalized spacial score (nSPS) is 14.8. The monoisotopic (exact) mass is 684 g/mol. The minimum Gasteiger partial charge on any atom is -0.313 e. The van der Waals surface area contributed by atoms with Crippen LogP contribution < -0.4 is 0 Å². The molecule has 0 saturated carbocycles. The van der Waals surface area contributed by atoms with Crippen molar-refractivity contribution in [3.8, 4) is 38.4 Å². The average molecular weight is 685 g/mol. The second kappa shape index (κ2) is 11.0. The molecule has 248 valence electrons. The lowest BCUT2D eigenvalue weighted by Gasteiger charge is -2.32. The van der Waals surface area contributed by atoms with Gasteiger partial charge < -0.3 is 9.13 Å². The van der Waals surface area contributed by atoms with Crippen molar-refractivity contribution in [3.05, 3.63) is 168 Å². The Kier molecular flexibility index (Phi) is 6.33. The topological polar surface area (TPSA) is 9.86 Å². The Hall–Kier alpha value is -5.90. The van der Waals surface area contributed by atoms with Crippen molar-refractivity contribution in [1.82, 2.24) is 9.13 Å². The summed E-state index contributed by atoms with van der Waals surface area (Å²) in [5, 5.41) is 5.24. The summed E-state index contributed by atoms with van der Waals surface area (Å²) < 4.78 is 5.05. The minimum atomic E-state index is -0.185. The molecule has 0 spiro atoms. The molecule has 0 N–H and O–H groups in total. The molecule has 11 rings (SSSR count). The van der Waals surface area contributed by atoms with Gasteiger partial charge >= 0.3 is 0 Å². The van der Waals surface area contributed by atoms with Gasteiger partial charge in [-0.15, -0.1) is 11.3 Å². The number of nitrogens with zero attached hydrogens (tertiary/aromatic N) is 2. The Labute approximate surface area is 307 Å². The predicted octanol–water partition coefficient (Wildman–Crippen LogP) is 13.8. The van der Waals surface area contributed by atoms with Crippen LogP contribution in [0, 0.1) is 0 Å². The summed E-state index contributed by atoms with van der Waals surface area (Å²) in [4.78, 5) is 2.72. The van der Waals surface area contributed by atoms with Crippen LogP contribution in [0.25, 0.3) is 87.7 Å². The SMILES string of the molecule is CC1(C)c2sc(-c3ccc4c(c3)c3ccccc3n4C3=CC=CCC3)cc2-n2c3ccc(-c4ccccc4)cc3c3cc(-c4ccccc4)cc1c32. The van der Waals surface area contributed by atoms with Crippen molar-refractivity contribution >= 4 is 60.6 Å². The van der Waals surface area contributed by atoms with E-state index in [1.54, 1.807) is 0 Å². The molecule has 0 amide bonds. The molecule has 52 heavy (non-hydrogen) atoms. The lowest BCUT2D eigenvalue weighted by Crippen LogP contribution is -2.24. The smallest absolute Gasteiger partial charge is 0.0616 e. The molecule has 1 aliphatic carbocycles. The minimum absolute atomic E-state index is 0.185. The Bertz CT molecular complexity index is 2960. The van der Waals surface area contributed by atoms with Crippen LogP contribution in [0.4, 0.5) is 0 Å². The second-order valence-electron chi connectivity index (χ2n) is 14.9. The van der Waals surface area contributed by atoms with E-state index in [0.717, 1.165) is 12.8 Å². The van der Waals surface area contributed by atoms with Gasteiger partial charge in [-0.25, -0.2) is 0 Å². The molecule has 0 fully saturated rings. The zero-order valence-corrected chi connectivity index (χ0v) is 30.0. The highest BCUT2D eigenvalue weighted by Gasteiger charge is 2.38. The van der Waals surface area contributed by atoms with Crippen molar-refractivity contribution < 1.29 is 0 Å². The first-order chi connectivity index (χ1) is 25.5. The molecule has 0 saturated heterocycles. The Balaban J connectivity index is 1.15. The zero-order chi connectivity index (χ0) is 34.6. The highest BCUT2D eigenvalue weighted by molar-refractivity contribution is 7.16. The third kappa shape index (κ3) is 4.23. The van der Waals surface area contributed by atoms with Crippen LogP contribution in [0.1, 0.15) is 37.1 Å². The lowest BCUT2D eigenvalue weighted by molar-refractivity contribution is 0.646. The maximum atomic E-state index is 2.57. The van der Waals surface area contributed by atoms with Gasteiger partial charge in [0.1, 0.15) is 0 Å². The molecule has 3 heteroatoms. The van der Waals surface area contributed by atoms with Crippen LogP contribution in [0.2, 0.25) is 0 Å². The number of allylic oxidation sites excluding steroid dienone is 4. The summed E-state index contributed by atoms with van der Waals surface area (Å²) >= 11 is 1.96. The van der Waals surface area contributed by atoms with E-state index in [0.29, 0.717) is 0 Å². The van der Waals surface area contributed by atoms with Crippen LogP contribution in [-0.4, -0.2) is 9.13 Å². The zero-order valence-electron chi connectivity index (χ0n) is 29.2. The van der Waals surface area contributed by atoms with Gasteiger partial charge in [-0.3, -0.25) is 0 Å². The molecule has 0 unspecified atom stereocenters. The van der Waals surface area contributed by atoms with Crippen molar-refractivity contribution in [1.29, 1.82) is 0 Å². The molecular weight excluding hydrogens is 649 g/mol. The van der Waals surface area contributed by atoms with E-state index in [1.807, 2.05) is 11.3 Å². The van der Waals surface area contributed by atoms with Gasteiger partial charge in [0.25, 0.3) is 0 Å². The summed E-state index contributed by atoms with van der Waals surface area (Å²) in [7, 11) is 0.